The van der Waals surface area contributed by atoms with Crippen LogP contribution >= 0.6 is 0 Å². The molecule has 0 saturated heterocycles. The molecule has 1 N–H and O–H groups in total. The molecule has 2 aromatic rings. The summed E-state index contributed by atoms with van der Waals surface area (Å²) >= 11 is 0. The van der Waals surface area contributed by atoms with Gasteiger partial charge < -0.3 is 9.84 Å². The highest BCUT2D eigenvalue weighted by Crippen LogP contribution is 2.24. The van der Waals surface area contributed by atoms with E-state index in [2.05, 4.69) is 4.98 Å². The molecule has 0 amide bonds. The monoisotopic (exact) mass is 247 g/mol. The van der Waals surface area contributed by atoms with Crippen LogP contribution in [-0.4, -0.2) is 16.1 Å². The zero-order chi connectivity index (χ0) is 13.1. The molecule has 0 spiro atoms. The summed E-state index contributed by atoms with van der Waals surface area (Å²) in [6, 6.07) is 9.00. The molecule has 0 aliphatic carbocycles. The summed E-state index contributed by atoms with van der Waals surface area (Å²) in [5.41, 5.74) is 0.294. The van der Waals surface area contributed by atoms with E-state index in [-0.39, 0.29) is 17.3 Å². The summed E-state index contributed by atoms with van der Waals surface area (Å²) in [5, 5.41) is 8.78. The Bertz CT molecular complexity index is 599. The SMILES string of the molecule is Cc1cccc(Oc2cccc(C(=O)O)n2)c1F. The number of aryl methyl sites for hydroxylation is 1. The predicted octanol–water partition coefficient (Wildman–Crippen LogP) is 3.02. The van der Waals surface area contributed by atoms with E-state index in [1.807, 2.05) is 0 Å². The van der Waals surface area contributed by atoms with Crippen molar-refractivity contribution in [3.8, 4) is 11.6 Å². The normalized spacial score (nSPS) is 10.1. The van der Waals surface area contributed by atoms with Gasteiger partial charge in [-0.2, -0.15) is 0 Å². The van der Waals surface area contributed by atoms with Crippen LogP contribution in [-0.2, 0) is 0 Å². The molecular weight excluding hydrogens is 237 g/mol. The largest absolute Gasteiger partial charge is 0.477 e. The van der Waals surface area contributed by atoms with E-state index < -0.39 is 11.8 Å². The number of aromatic carboxylic acids is 1. The van der Waals surface area contributed by atoms with Gasteiger partial charge >= 0.3 is 5.97 Å². The molecule has 92 valence electrons. The average Bonchev–Trinajstić information content (AvgIpc) is 2.35. The van der Waals surface area contributed by atoms with Gasteiger partial charge in [0.25, 0.3) is 0 Å². The van der Waals surface area contributed by atoms with Gasteiger partial charge in [-0.15, -0.1) is 0 Å². The van der Waals surface area contributed by atoms with E-state index in [4.69, 9.17) is 9.84 Å². The Labute approximate surface area is 103 Å². The fourth-order valence-corrected chi connectivity index (χ4v) is 1.40. The van der Waals surface area contributed by atoms with E-state index in [9.17, 15) is 9.18 Å². The zero-order valence-corrected chi connectivity index (χ0v) is 9.55. The van der Waals surface area contributed by atoms with E-state index in [0.717, 1.165) is 0 Å². The lowest BCUT2D eigenvalue weighted by Gasteiger charge is -2.07. The van der Waals surface area contributed by atoms with Gasteiger partial charge in [-0.05, 0) is 24.6 Å². The minimum atomic E-state index is -1.16. The van der Waals surface area contributed by atoms with E-state index in [0.29, 0.717) is 5.56 Å². The first-order valence-electron chi connectivity index (χ1n) is 5.21. The van der Waals surface area contributed by atoms with Crippen LogP contribution in [0.4, 0.5) is 4.39 Å². The first-order valence-corrected chi connectivity index (χ1v) is 5.21. The van der Waals surface area contributed by atoms with Crippen molar-refractivity contribution in [2.24, 2.45) is 0 Å². The number of aromatic nitrogens is 1. The van der Waals surface area contributed by atoms with Crippen molar-refractivity contribution < 1.29 is 19.0 Å². The molecule has 4 nitrogen and oxygen atoms in total. The van der Waals surface area contributed by atoms with Crippen LogP contribution in [0.15, 0.2) is 36.4 Å². The third-order valence-electron chi connectivity index (χ3n) is 2.31. The van der Waals surface area contributed by atoms with E-state index in [1.54, 1.807) is 19.1 Å². The third-order valence-corrected chi connectivity index (χ3v) is 2.31. The Morgan fingerprint density at radius 1 is 1.28 bits per heavy atom. The Morgan fingerprint density at radius 3 is 2.72 bits per heavy atom. The minimum absolute atomic E-state index is 0.0186. The fraction of sp³-hybridized carbons (Fsp3) is 0.0769. The van der Waals surface area contributed by atoms with Crippen molar-refractivity contribution in [1.82, 2.24) is 4.98 Å². The van der Waals surface area contributed by atoms with Crippen LogP contribution in [0.5, 0.6) is 11.6 Å². The van der Waals surface area contributed by atoms with Crippen LogP contribution < -0.4 is 4.74 Å². The van der Waals surface area contributed by atoms with Crippen LogP contribution in [0, 0.1) is 12.7 Å². The second-order valence-corrected chi connectivity index (χ2v) is 3.66. The van der Waals surface area contributed by atoms with Crippen molar-refractivity contribution >= 4 is 5.97 Å². The predicted molar refractivity (Wildman–Crippen MR) is 62.4 cm³/mol. The summed E-state index contributed by atoms with van der Waals surface area (Å²) in [6.45, 7) is 1.61. The Hall–Kier alpha value is -2.43. The molecule has 0 saturated carbocycles. The molecule has 0 aliphatic rings. The van der Waals surface area contributed by atoms with Gasteiger partial charge in [0, 0.05) is 6.07 Å². The molecule has 0 unspecified atom stereocenters. The highest BCUT2D eigenvalue weighted by atomic mass is 19.1. The smallest absolute Gasteiger partial charge is 0.354 e. The molecule has 0 radical (unpaired) electrons. The van der Waals surface area contributed by atoms with Gasteiger partial charge in [-0.1, -0.05) is 18.2 Å². The van der Waals surface area contributed by atoms with Crippen molar-refractivity contribution in [3.05, 3.63) is 53.5 Å². The summed E-state index contributed by atoms with van der Waals surface area (Å²) < 4.78 is 18.9. The number of hydrogen-bond acceptors (Lipinski definition) is 3. The second-order valence-electron chi connectivity index (χ2n) is 3.66. The van der Waals surface area contributed by atoms with Gasteiger partial charge in [-0.25, -0.2) is 14.2 Å². The number of benzene rings is 1. The number of halogens is 1. The topological polar surface area (TPSA) is 59.4 Å². The number of carbonyl (C=O) groups is 1. The number of pyridine rings is 1. The zero-order valence-electron chi connectivity index (χ0n) is 9.55. The highest BCUT2D eigenvalue weighted by molar-refractivity contribution is 5.85. The van der Waals surface area contributed by atoms with E-state index in [1.165, 1.54) is 24.3 Å². The van der Waals surface area contributed by atoms with Crippen molar-refractivity contribution in [2.75, 3.05) is 0 Å². The highest BCUT2D eigenvalue weighted by Gasteiger charge is 2.10. The number of carboxylic acid groups (broad SMARTS) is 1. The molecule has 0 bridgehead atoms. The summed E-state index contributed by atoms with van der Waals surface area (Å²) in [6.07, 6.45) is 0. The van der Waals surface area contributed by atoms with Crippen LogP contribution in [0.3, 0.4) is 0 Å². The molecule has 1 aromatic carbocycles. The molecule has 0 aliphatic heterocycles. The molecule has 0 fully saturated rings. The average molecular weight is 247 g/mol. The summed E-state index contributed by atoms with van der Waals surface area (Å²) in [4.78, 5) is 14.5. The first kappa shape index (κ1) is 12.0. The van der Waals surface area contributed by atoms with Crippen LogP contribution in [0.1, 0.15) is 16.1 Å². The van der Waals surface area contributed by atoms with Crippen molar-refractivity contribution in [1.29, 1.82) is 0 Å². The Kier molecular flexibility index (Phi) is 3.23. The Morgan fingerprint density at radius 2 is 2.00 bits per heavy atom. The maximum Gasteiger partial charge on any atom is 0.354 e. The maximum absolute atomic E-state index is 13.7. The lowest BCUT2D eigenvalue weighted by Crippen LogP contribution is -2.01. The van der Waals surface area contributed by atoms with Crippen molar-refractivity contribution in [3.63, 3.8) is 0 Å². The lowest BCUT2D eigenvalue weighted by molar-refractivity contribution is 0.0689. The van der Waals surface area contributed by atoms with E-state index >= 15 is 0 Å². The second kappa shape index (κ2) is 4.83. The minimum Gasteiger partial charge on any atom is -0.477 e. The molecular formula is C13H10FNO3. The molecule has 2 rings (SSSR count). The molecule has 5 heteroatoms. The summed E-state index contributed by atoms with van der Waals surface area (Å²) in [7, 11) is 0. The molecule has 1 aromatic heterocycles. The maximum atomic E-state index is 13.7. The fourth-order valence-electron chi connectivity index (χ4n) is 1.40. The third kappa shape index (κ3) is 2.45. The van der Waals surface area contributed by atoms with Gasteiger partial charge in [0.15, 0.2) is 17.3 Å². The van der Waals surface area contributed by atoms with Gasteiger partial charge in [0.2, 0.25) is 5.88 Å². The number of carboxylic acids is 1. The van der Waals surface area contributed by atoms with Gasteiger partial charge in [-0.3, -0.25) is 0 Å². The number of rotatable bonds is 3. The first-order chi connectivity index (χ1) is 8.58. The molecule has 18 heavy (non-hydrogen) atoms. The number of hydrogen-bond donors (Lipinski definition) is 1. The van der Waals surface area contributed by atoms with Crippen LogP contribution in [0.25, 0.3) is 0 Å². The van der Waals surface area contributed by atoms with Crippen LogP contribution in [0.2, 0.25) is 0 Å². The summed E-state index contributed by atoms with van der Waals surface area (Å²) in [5.74, 6) is -1.59. The quantitative estimate of drug-likeness (QED) is 0.905. The molecule has 1 heterocycles. The van der Waals surface area contributed by atoms with Crippen molar-refractivity contribution in [2.45, 2.75) is 6.92 Å². The van der Waals surface area contributed by atoms with Gasteiger partial charge in [0.1, 0.15) is 0 Å². The number of nitrogens with zero attached hydrogens (tertiary/aromatic N) is 1. The molecule has 0 atom stereocenters. The number of ether oxygens (including phenoxy) is 1. The standard InChI is InChI=1S/C13H10FNO3/c1-8-4-2-6-10(12(8)14)18-11-7-3-5-9(15-11)13(16)17/h2-7H,1H3,(H,16,17). The Balaban J connectivity index is 2.31. The van der Waals surface area contributed by atoms with Gasteiger partial charge in [0.05, 0.1) is 0 Å². The lowest BCUT2D eigenvalue weighted by atomic mass is 10.2.